The van der Waals surface area contributed by atoms with E-state index in [2.05, 4.69) is 20.7 Å². The third kappa shape index (κ3) is 3.68. The molecule has 1 aromatic carbocycles. The largest absolute Gasteiger partial charge is 0.398 e. The van der Waals surface area contributed by atoms with Gasteiger partial charge in [0.25, 0.3) is 0 Å². The Morgan fingerprint density at radius 2 is 2.11 bits per heavy atom. The molecule has 1 unspecified atom stereocenters. The zero-order valence-electron chi connectivity index (χ0n) is 10.3. The van der Waals surface area contributed by atoms with Crippen LogP contribution in [-0.2, 0) is 10.0 Å². The third-order valence-corrected chi connectivity index (χ3v) is 4.77. The number of sulfonamides is 1. The molecule has 1 aromatic rings. The zero-order valence-corrected chi connectivity index (χ0v) is 12.7. The lowest BCUT2D eigenvalue weighted by Crippen LogP contribution is -2.30. The van der Waals surface area contributed by atoms with Crippen molar-refractivity contribution in [3.8, 4) is 0 Å². The van der Waals surface area contributed by atoms with Gasteiger partial charge in [0.1, 0.15) is 0 Å². The molecule has 0 fully saturated rings. The molecule has 102 valence electrons. The average Bonchev–Trinajstić information content (AvgIpc) is 2.30. The van der Waals surface area contributed by atoms with Gasteiger partial charge in [-0.25, -0.2) is 13.1 Å². The summed E-state index contributed by atoms with van der Waals surface area (Å²) in [5.41, 5.74) is 6.67. The first-order chi connectivity index (χ1) is 8.27. The quantitative estimate of drug-likeness (QED) is 0.705. The van der Waals surface area contributed by atoms with Gasteiger partial charge in [0.15, 0.2) is 0 Å². The number of nitrogens with one attached hydrogen (secondary N) is 1. The van der Waals surface area contributed by atoms with Crippen molar-refractivity contribution in [2.24, 2.45) is 5.92 Å². The smallest absolute Gasteiger partial charge is 0.240 e. The van der Waals surface area contributed by atoms with Crippen LogP contribution < -0.4 is 10.5 Å². The molecule has 0 saturated carbocycles. The summed E-state index contributed by atoms with van der Waals surface area (Å²) in [6.07, 6.45) is 0. The molecule has 18 heavy (non-hydrogen) atoms. The van der Waals surface area contributed by atoms with Crippen LogP contribution in [-0.4, -0.2) is 26.7 Å². The molecule has 5 nitrogen and oxygen atoms in total. The number of hydrogen-bond donors (Lipinski definition) is 3. The maximum Gasteiger partial charge on any atom is 0.240 e. The summed E-state index contributed by atoms with van der Waals surface area (Å²) in [7, 11) is -3.60. The number of hydrogen-bond acceptors (Lipinski definition) is 4. The minimum absolute atomic E-state index is 0.0655. The van der Waals surface area contributed by atoms with Crippen molar-refractivity contribution < 1.29 is 13.5 Å². The summed E-state index contributed by atoms with van der Waals surface area (Å²) in [6.45, 7) is 3.58. The summed E-state index contributed by atoms with van der Waals surface area (Å²) in [5.74, 6) is -0.132. The van der Waals surface area contributed by atoms with Crippen LogP contribution in [0.1, 0.15) is 12.5 Å². The topological polar surface area (TPSA) is 92.4 Å². The van der Waals surface area contributed by atoms with Gasteiger partial charge in [-0.2, -0.15) is 0 Å². The Hall–Kier alpha value is -0.630. The Kier molecular flexibility index (Phi) is 5.15. The predicted octanol–water partition coefficient (Wildman–Crippen LogP) is 1.25. The van der Waals surface area contributed by atoms with Crippen LogP contribution in [0.4, 0.5) is 5.69 Å². The fourth-order valence-corrected chi connectivity index (χ4v) is 3.23. The van der Waals surface area contributed by atoms with Crippen LogP contribution >= 0.6 is 15.9 Å². The van der Waals surface area contributed by atoms with E-state index in [1.807, 2.05) is 0 Å². The Morgan fingerprint density at radius 1 is 1.50 bits per heavy atom. The van der Waals surface area contributed by atoms with Gasteiger partial charge in [-0.1, -0.05) is 6.92 Å². The minimum Gasteiger partial charge on any atom is -0.398 e. The minimum atomic E-state index is -3.60. The van der Waals surface area contributed by atoms with Crippen molar-refractivity contribution in [2.45, 2.75) is 18.7 Å². The van der Waals surface area contributed by atoms with Crippen LogP contribution in [0.2, 0.25) is 0 Å². The maximum atomic E-state index is 12.1. The second-order valence-corrected chi connectivity index (χ2v) is 6.87. The molecule has 0 bridgehead atoms. The number of benzene rings is 1. The molecule has 0 radical (unpaired) electrons. The van der Waals surface area contributed by atoms with E-state index in [1.54, 1.807) is 19.9 Å². The number of aliphatic hydroxyl groups is 1. The zero-order chi connectivity index (χ0) is 13.9. The molecular formula is C11H17BrN2O3S. The van der Waals surface area contributed by atoms with Crippen LogP contribution in [0.25, 0.3) is 0 Å². The molecular weight excluding hydrogens is 320 g/mol. The highest BCUT2D eigenvalue weighted by atomic mass is 79.9. The van der Waals surface area contributed by atoms with Crippen molar-refractivity contribution >= 4 is 31.6 Å². The second-order valence-electron chi connectivity index (χ2n) is 4.28. The van der Waals surface area contributed by atoms with Gasteiger partial charge in [-0.3, -0.25) is 0 Å². The van der Waals surface area contributed by atoms with Crippen LogP contribution in [0, 0.1) is 12.8 Å². The van der Waals surface area contributed by atoms with Crippen molar-refractivity contribution in [1.29, 1.82) is 0 Å². The van der Waals surface area contributed by atoms with E-state index >= 15 is 0 Å². The highest BCUT2D eigenvalue weighted by molar-refractivity contribution is 9.10. The number of aryl methyl sites for hydroxylation is 1. The van der Waals surface area contributed by atoms with E-state index < -0.39 is 10.0 Å². The van der Waals surface area contributed by atoms with Crippen molar-refractivity contribution in [3.05, 3.63) is 22.2 Å². The lowest BCUT2D eigenvalue weighted by molar-refractivity contribution is 0.238. The Bertz CT molecular complexity index is 531. The molecule has 7 heteroatoms. The molecule has 0 aromatic heterocycles. The normalized spacial score (nSPS) is 13.6. The van der Waals surface area contributed by atoms with Gasteiger partial charge < -0.3 is 10.8 Å². The van der Waals surface area contributed by atoms with Crippen LogP contribution in [0.15, 0.2) is 21.5 Å². The molecule has 0 saturated heterocycles. The van der Waals surface area contributed by atoms with Crippen LogP contribution in [0.3, 0.4) is 0 Å². The maximum absolute atomic E-state index is 12.1. The van der Waals surface area contributed by atoms with E-state index in [1.165, 1.54) is 6.07 Å². The summed E-state index contributed by atoms with van der Waals surface area (Å²) < 4.78 is 27.3. The standard InChI is InChI=1S/C11H17BrN2O3S/c1-7(6-15)5-14-18(16,17)11-4-10(13)9(12)3-8(11)2/h3-4,7,14-15H,5-6,13H2,1-2H3. The molecule has 4 N–H and O–H groups in total. The number of halogens is 1. The second kappa shape index (κ2) is 6.01. The third-order valence-electron chi connectivity index (χ3n) is 2.52. The van der Waals surface area contributed by atoms with Gasteiger partial charge in [-0.15, -0.1) is 0 Å². The lowest BCUT2D eigenvalue weighted by Gasteiger charge is -2.13. The Labute approximate surface area is 116 Å². The highest BCUT2D eigenvalue weighted by Gasteiger charge is 2.18. The Morgan fingerprint density at radius 3 is 2.67 bits per heavy atom. The molecule has 0 spiro atoms. The summed E-state index contributed by atoms with van der Waals surface area (Å²) in [5, 5.41) is 8.88. The number of anilines is 1. The van der Waals surface area contributed by atoms with E-state index in [4.69, 9.17) is 10.8 Å². The van der Waals surface area contributed by atoms with E-state index in [0.29, 0.717) is 15.7 Å². The molecule has 0 amide bonds. The van der Waals surface area contributed by atoms with Crippen molar-refractivity contribution in [2.75, 3.05) is 18.9 Å². The first-order valence-corrected chi connectivity index (χ1v) is 7.71. The number of nitrogen functional groups attached to an aromatic ring is 1. The van der Waals surface area contributed by atoms with Crippen molar-refractivity contribution in [3.63, 3.8) is 0 Å². The monoisotopic (exact) mass is 336 g/mol. The first kappa shape index (κ1) is 15.4. The summed E-state index contributed by atoms with van der Waals surface area (Å²) in [4.78, 5) is 0.160. The number of nitrogens with two attached hydrogens (primary N) is 1. The van der Waals surface area contributed by atoms with Crippen molar-refractivity contribution in [1.82, 2.24) is 4.72 Å². The van der Waals surface area contributed by atoms with Gasteiger partial charge in [0.05, 0.1) is 4.90 Å². The van der Waals surface area contributed by atoms with Gasteiger partial charge in [0, 0.05) is 23.3 Å². The summed E-state index contributed by atoms with van der Waals surface area (Å²) in [6, 6.07) is 3.09. The van der Waals surface area contributed by atoms with Gasteiger partial charge in [0.2, 0.25) is 10.0 Å². The molecule has 0 aliphatic heterocycles. The molecule has 0 heterocycles. The molecule has 1 rings (SSSR count). The molecule has 0 aliphatic rings. The first-order valence-electron chi connectivity index (χ1n) is 5.44. The highest BCUT2D eigenvalue weighted by Crippen LogP contribution is 2.26. The average molecular weight is 337 g/mol. The van der Waals surface area contributed by atoms with Crippen LogP contribution in [0.5, 0.6) is 0 Å². The van der Waals surface area contributed by atoms with E-state index in [0.717, 1.165) is 0 Å². The summed E-state index contributed by atoms with van der Waals surface area (Å²) >= 11 is 3.25. The Balaban J connectivity index is 3.02. The fourth-order valence-electron chi connectivity index (χ4n) is 1.35. The fraction of sp³-hybridized carbons (Fsp3) is 0.455. The molecule has 0 aliphatic carbocycles. The van der Waals surface area contributed by atoms with E-state index in [9.17, 15) is 8.42 Å². The van der Waals surface area contributed by atoms with E-state index in [-0.39, 0.29) is 24.0 Å². The van der Waals surface area contributed by atoms with Gasteiger partial charge >= 0.3 is 0 Å². The number of aliphatic hydroxyl groups excluding tert-OH is 1. The SMILES string of the molecule is Cc1cc(Br)c(N)cc1S(=O)(=O)NCC(C)CO. The predicted molar refractivity (Wildman–Crippen MR) is 74.7 cm³/mol. The number of rotatable bonds is 5. The molecule has 1 atom stereocenters. The lowest BCUT2D eigenvalue weighted by atomic mass is 10.2. The van der Waals surface area contributed by atoms with Gasteiger partial charge in [-0.05, 0) is 46.5 Å².